The van der Waals surface area contributed by atoms with E-state index < -0.39 is 5.79 Å². The molecule has 7 rings (SSSR count). The van der Waals surface area contributed by atoms with E-state index in [0.29, 0.717) is 17.8 Å². The number of hydrogen-bond acceptors (Lipinski definition) is 6. The number of allylic oxidation sites excluding steroid dienone is 1. The van der Waals surface area contributed by atoms with Crippen LogP contribution in [0.15, 0.2) is 11.6 Å². The van der Waals surface area contributed by atoms with Gasteiger partial charge in [-0.2, -0.15) is 0 Å². The Balaban J connectivity index is 1.16. The van der Waals surface area contributed by atoms with Crippen LogP contribution in [0.5, 0.6) is 0 Å². The van der Waals surface area contributed by atoms with Crippen LogP contribution >= 0.6 is 0 Å². The topological polar surface area (TPSA) is 55.4 Å². The molecule has 2 unspecified atom stereocenters. The van der Waals surface area contributed by atoms with Crippen LogP contribution in [0.1, 0.15) is 142 Å². The van der Waals surface area contributed by atoms with E-state index in [-0.39, 0.29) is 34.1 Å². The molecule has 7 aliphatic carbocycles. The molecule has 0 heterocycles. The Morgan fingerprint density at radius 1 is 0.659 bits per heavy atom. The fourth-order valence-corrected chi connectivity index (χ4v) is 12.0. The predicted molar refractivity (Wildman–Crippen MR) is 171 cm³/mol. The normalized spacial score (nSPS) is 43.8. The SMILES string of the molecule is COC1(OC[C@]23CCC(OC4(OC)CCCC4)CC2=CC[C@@H]2[C@H]3CC[C@@]3(C)[C@H]2CCC3(C)OC2(OC)CCCC2)CCCC1. The molecule has 6 heteroatoms. The molecule has 6 saturated carbocycles. The lowest BCUT2D eigenvalue weighted by atomic mass is 9.46. The molecule has 0 aliphatic heterocycles. The molecule has 0 amide bonds. The quantitative estimate of drug-likeness (QED) is 0.181. The first-order valence-corrected chi connectivity index (χ1v) is 18.5. The van der Waals surface area contributed by atoms with Crippen LogP contribution in [0, 0.1) is 28.6 Å². The van der Waals surface area contributed by atoms with Gasteiger partial charge in [-0.3, -0.25) is 0 Å². The highest BCUT2D eigenvalue weighted by molar-refractivity contribution is 5.28. The third kappa shape index (κ3) is 5.10. The van der Waals surface area contributed by atoms with Crippen LogP contribution in [0.2, 0.25) is 0 Å². The van der Waals surface area contributed by atoms with Crippen molar-refractivity contribution < 1.29 is 28.4 Å². The Morgan fingerprint density at radius 2 is 1.25 bits per heavy atom. The van der Waals surface area contributed by atoms with E-state index in [0.717, 1.165) is 70.8 Å². The maximum absolute atomic E-state index is 7.21. The Kier molecular flexibility index (Phi) is 8.66. The Labute approximate surface area is 267 Å². The molecular weight excluding hydrogens is 552 g/mol. The standard InChI is InChI=1S/C38H62O6/c1-33-23-15-32-30(31(33)16-24-34(33,2)44-38(41-5)21-10-11-22-38)13-12-28-26-29(43-37(40-4)19-8-9-20-37)14-25-35(28,32)27-42-36(39-3)17-6-7-18-36/h12,29-32H,6-11,13-27H2,1-5H3/t29?,30-,31-,32+,33-,34?,35+/m0/s1. The van der Waals surface area contributed by atoms with E-state index >= 15 is 0 Å². The van der Waals surface area contributed by atoms with Crippen molar-refractivity contribution in [2.45, 2.75) is 171 Å². The van der Waals surface area contributed by atoms with Gasteiger partial charge in [-0.1, -0.05) is 18.6 Å². The van der Waals surface area contributed by atoms with Crippen molar-refractivity contribution in [1.82, 2.24) is 0 Å². The highest BCUT2D eigenvalue weighted by Crippen LogP contribution is 2.69. The number of hydrogen-bond donors (Lipinski definition) is 0. The molecule has 250 valence electrons. The third-order valence-corrected chi connectivity index (χ3v) is 14.9. The summed E-state index contributed by atoms with van der Waals surface area (Å²) < 4.78 is 39.4. The zero-order valence-corrected chi connectivity index (χ0v) is 28.7. The van der Waals surface area contributed by atoms with Gasteiger partial charge in [0.2, 0.25) is 0 Å². The second-order valence-electron chi connectivity index (χ2n) is 16.6. The first kappa shape index (κ1) is 32.1. The second-order valence-corrected chi connectivity index (χ2v) is 16.6. The van der Waals surface area contributed by atoms with E-state index in [1.807, 2.05) is 21.3 Å². The van der Waals surface area contributed by atoms with Crippen molar-refractivity contribution in [3.8, 4) is 0 Å². The van der Waals surface area contributed by atoms with Gasteiger partial charge >= 0.3 is 0 Å². The highest BCUT2D eigenvalue weighted by Gasteiger charge is 2.65. The zero-order chi connectivity index (χ0) is 30.7. The van der Waals surface area contributed by atoms with Crippen molar-refractivity contribution >= 4 is 0 Å². The lowest BCUT2D eigenvalue weighted by Gasteiger charge is -2.61. The van der Waals surface area contributed by atoms with Gasteiger partial charge in [0.05, 0.1) is 18.3 Å². The molecule has 0 spiro atoms. The summed E-state index contributed by atoms with van der Waals surface area (Å²) in [5, 5.41) is 0. The maximum Gasteiger partial charge on any atom is 0.168 e. The molecule has 0 bridgehead atoms. The van der Waals surface area contributed by atoms with Crippen molar-refractivity contribution in [1.29, 1.82) is 0 Å². The average Bonchev–Trinajstić information content (AvgIpc) is 3.85. The van der Waals surface area contributed by atoms with Crippen LogP contribution in [-0.4, -0.2) is 57.0 Å². The monoisotopic (exact) mass is 614 g/mol. The first-order valence-electron chi connectivity index (χ1n) is 18.5. The van der Waals surface area contributed by atoms with Crippen LogP contribution in [-0.2, 0) is 28.4 Å². The van der Waals surface area contributed by atoms with Gasteiger partial charge in [-0.25, -0.2) is 0 Å². The first-order chi connectivity index (χ1) is 21.2. The van der Waals surface area contributed by atoms with Crippen molar-refractivity contribution in [2.75, 3.05) is 27.9 Å². The van der Waals surface area contributed by atoms with Crippen molar-refractivity contribution in [3.63, 3.8) is 0 Å². The van der Waals surface area contributed by atoms with Crippen LogP contribution in [0.25, 0.3) is 0 Å². The molecule has 0 aromatic carbocycles. The van der Waals surface area contributed by atoms with Gasteiger partial charge in [0, 0.05) is 65.3 Å². The minimum absolute atomic E-state index is 0.0766. The highest BCUT2D eigenvalue weighted by atomic mass is 16.7. The van der Waals surface area contributed by atoms with Crippen molar-refractivity contribution in [3.05, 3.63) is 11.6 Å². The minimum atomic E-state index is -0.400. The van der Waals surface area contributed by atoms with E-state index in [1.165, 1.54) is 64.2 Å². The number of rotatable bonds is 10. The molecule has 0 aromatic heterocycles. The van der Waals surface area contributed by atoms with Gasteiger partial charge in [0.25, 0.3) is 0 Å². The molecule has 7 atom stereocenters. The molecule has 0 radical (unpaired) electrons. The predicted octanol–water partition coefficient (Wildman–Crippen LogP) is 8.86. The van der Waals surface area contributed by atoms with E-state index in [9.17, 15) is 0 Å². The number of methoxy groups -OCH3 is 3. The van der Waals surface area contributed by atoms with Gasteiger partial charge in [0.1, 0.15) is 0 Å². The lowest BCUT2D eigenvalue weighted by molar-refractivity contribution is -0.300. The van der Waals surface area contributed by atoms with Crippen LogP contribution < -0.4 is 0 Å². The summed E-state index contributed by atoms with van der Waals surface area (Å²) in [5.74, 6) is 0.832. The zero-order valence-electron chi connectivity index (χ0n) is 28.7. The van der Waals surface area contributed by atoms with Crippen LogP contribution in [0.4, 0.5) is 0 Å². The minimum Gasteiger partial charge on any atom is -0.353 e. The van der Waals surface area contributed by atoms with E-state index in [2.05, 4.69) is 19.9 Å². The summed E-state index contributed by atoms with van der Waals surface area (Å²) in [6, 6.07) is 0. The Bertz CT molecular complexity index is 1050. The molecule has 7 aliphatic rings. The molecule has 44 heavy (non-hydrogen) atoms. The average molecular weight is 615 g/mol. The molecule has 0 aromatic rings. The van der Waals surface area contributed by atoms with E-state index in [1.54, 1.807) is 5.57 Å². The molecule has 6 nitrogen and oxygen atoms in total. The van der Waals surface area contributed by atoms with Gasteiger partial charge in [0.15, 0.2) is 17.4 Å². The molecule has 0 N–H and O–H groups in total. The maximum atomic E-state index is 7.21. The smallest absolute Gasteiger partial charge is 0.168 e. The summed E-state index contributed by atoms with van der Waals surface area (Å²) in [6.45, 7) is 5.81. The number of ether oxygens (including phenoxy) is 6. The third-order valence-electron chi connectivity index (χ3n) is 14.9. The van der Waals surface area contributed by atoms with Crippen molar-refractivity contribution in [2.24, 2.45) is 28.6 Å². The summed E-state index contributed by atoms with van der Waals surface area (Å²) in [7, 11) is 5.58. The number of fused-ring (bicyclic) bond motifs is 5. The molecule has 6 fully saturated rings. The Hall–Kier alpha value is -0.500. The molecule has 0 saturated heterocycles. The largest absolute Gasteiger partial charge is 0.353 e. The van der Waals surface area contributed by atoms with Gasteiger partial charge in [-0.05, 0) is 120 Å². The summed E-state index contributed by atoms with van der Waals surface area (Å²) >= 11 is 0. The second kappa shape index (κ2) is 11.9. The summed E-state index contributed by atoms with van der Waals surface area (Å²) in [6.07, 6.45) is 25.6. The van der Waals surface area contributed by atoms with E-state index in [4.69, 9.17) is 28.4 Å². The van der Waals surface area contributed by atoms with Gasteiger partial charge < -0.3 is 28.4 Å². The molecular formula is C38H62O6. The fraction of sp³-hybridized carbons (Fsp3) is 0.947. The van der Waals surface area contributed by atoms with Crippen LogP contribution in [0.3, 0.4) is 0 Å². The fourth-order valence-electron chi connectivity index (χ4n) is 12.0. The summed E-state index contributed by atoms with van der Waals surface area (Å²) in [4.78, 5) is 0. The lowest BCUT2D eigenvalue weighted by Crippen LogP contribution is -2.58. The Morgan fingerprint density at radius 3 is 1.89 bits per heavy atom. The van der Waals surface area contributed by atoms with Gasteiger partial charge in [-0.15, -0.1) is 0 Å². The summed E-state index contributed by atoms with van der Waals surface area (Å²) in [5.41, 5.74) is 1.73.